The van der Waals surface area contributed by atoms with Crippen LogP contribution in [0.25, 0.3) is 0 Å². The molecule has 4 heterocycles. The van der Waals surface area contributed by atoms with Gasteiger partial charge in [0.25, 0.3) is 0 Å². The summed E-state index contributed by atoms with van der Waals surface area (Å²) in [6.45, 7) is 10.5. The number of nitrogens with zero attached hydrogens (tertiary/aromatic N) is 3. The number of hydrogen-bond donors (Lipinski definition) is 0. The number of carbonyl (C=O) groups is 1. The molecule has 0 N–H and O–H groups in total. The summed E-state index contributed by atoms with van der Waals surface area (Å²) in [6.07, 6.45) is 9.40. The number of ether oxygens (including phenoxy) is 3. The Hall–Kier alpha value is -0.890. The SMILES string of the molecule is CC(C)(C)OC(=O)N1CCC(N2CCC(N3C4CO[C@@]5(CCCC[C@H]35)O4)CC2)CC1. The van der Waals surface area contributed by atoms with E-state index in [1.165, 1.54) is 32.1 Å². The van der Waals surface area contributed by atoms with E-state index in [9.17, 15) is 4.79 Å². The Morgan fingerprint density at radius 3 is 2.37 bits per heavy atom. The van der Waals surface area contributed by atoms with E-state index >= 15 is 0 Å². The van der Waals surface area contributed by atoms with Gasteiger partial charge in [0.15, 0.2) is 5.79 Å². The molecule has 0 aromatic rings. The Labute approximate surface area is 181 Å². The average molecular weight is 422 g/mol. The van der Waals surface area contributed by atoms with Gasteiger partial charge in [-0.15, -0.1) is 0 Å². The number of hydrogen-bond acceptors (Lipinski definition) is 6. The van der Waals surface area contributed by atoms with E-state index in [0.29, 0.717) is 18.1 Å². The van der Waals surface area contributed by atoms with Gasteiger partial charge in [0.1, 0.15) is 11.8 Å². The van der Waals surface area contributed by atoms with Crippen LogP contribution in [0.3, 0.4) is 0 Å². The van der Waals surface area contributed by atoms with Crippen molar-refractivity contribution in [2.45, 2.75) is 108 Å². The van der Waals surface area contributed by atoms with Crippen molar-refractivity contribution in [2.75, 3.05) is 32.8 Å². The lowest BCUT2D eigenvalue weighted by Gasteiger charge is -2.48. The van der Waals surface area contributed by atoms with Gasteiger partial charge in [-0.25, -0.2) is 4.79 Å². The van der Waals surface area contributed by atoms with Crippen molar-refractivity contribution in [1.29, 1.82) is 0 Å². The fourth-order valence-electron chi connectivity index (χ4n) is 6.41. The number of rotatable bonds is 2. The zero-order valence-corrected chi connectivity index (χ0v) is 19.0. The molecule has 5 rings (SSSR count). The van der Waals surface area contributed by atoms with Crippen molar-refractivity contribution in [3.8, 4) is 0 Å². The lowest BCUT2D eigenvalue weighted by Crippen LogP contribution is -2.59. The third-order valence-electron chi connectivity index (χ3n) is 7.81. The van der Waals surface area contributed by atoms with Gasteiger partial charge in [0.05, 0.1) is 12.6 Å². The predicted molar refractivity (Wildman–Crippen MR) is 113 cm³/mol. The summed E-state index contributed by atoms with van der Waals surface area (Å²) in [5, 5.41) is 0. The number of amides is 1. The molecule has 4 saturated heterocycles. The minimum absolute atomic E-state index is 0.160. The minimum atomic E-state index is -0.420. The van der Waals surface area contributed by atoms with Crippen LogP contribution >= 0.6 is 0 Å². The molecule has 1 spiro atoms. The maximum atomic E-state index is 12.3. The highest BCUT2D eigenvalue weighted by Gasteiger charge is 2.61. The van der Waals surface area contributed by atoms with Gasteiger partial charge in [-0.05, 0) is 72.4 Å². The first-order chi connectivity index (χ1) is 14.3. The van der Waals surface area contributed by atoms with Gasteiger partial charge >= 0.3 is 6.09 Å². The molecule has 3 atom stereocenters. The first kappa shape index (κ1) is 21.0. The van der Waals surface area contributed by atoms with Crippen molar-refractivity contribution >= 4 is 6.09 Å². The van der Waals surface area contributed by atoms with Crippen molar-refractivity contribution in [3.05, 3.63) is 0 Å². The zero-order chi connectivity index (χ0) is 20.9. The molecule has 0 aromatic carbocycles. The van der Waals surface area contributed by atoms with Crippen molar-refractivity contribution in [1.82, 2.24) is 14.7 Å². The number of likely N-dealkylation sites (tertiary alicyclic amines) is 2. The Kier molecular flexibility index (Phi) is 5.53. The van der Waals surface area contributed by atoms with E-state index in [-0.39, 0.29) is 18.1 Å². The maximum Gasteiger partial charge on any atom is 0.410 e. The van der Waals surface area contributed by atoms with Crippen molar-refractivity contribution in [2.24, 2.45) is 0 Å². The van der Waals surface area contributed by atoms with Crippen LogP contribution in [0.2, 0.25) is 0 Å². The first-order valence-electron chi connectivity index (χ1n) is 12.2. The molecular formula is C23H39N3O4. The van der Waals surface area contributed by atoms with E-state index in [1.807, 2.05) is 25.7 Å². The van der Waals surface area contributed by atoms with Gasteiger partial charge in [-0.1, -0.05) is 6.42 Å². The quantitative estimate of drug-likeness (QED) is 0.683. The molecule has 4 aliphatic heterocycles. The fourth-order valence-corrected chi connectivity index (χ4v) is 6.41. The molecule has 30 heavy (non-hydrogen) atoms. The van der Waals surface area contributed by atoms with E-state index in [4.69, 9.17) is 14.2 Å². The summed E-state index contributed by atoms with van der Waals surface area (Å²) >= 11 is 0. The minimum Gasteiger partial charge on any atom is -0.444 e. The largest absolute Gasteiger partial charge is 0.444 e. The summed E-state index contributed by atoms with van der Waals surface area (Å²) in [7, 11) is 0. The van der Waals surface area contributed by atoms with E-state index in [0.717, 1.165) is 52.0 Å². The van der Waals surface area contributed by atoms with Crippen LogP contribution < -0.4 is 0 Å². The van der Waals surface area contributed by atoms with E-state index < -0.39 is 5.60 Å². The van der Waals surface area contributed by atoms with Crippen molar-refractivity contribution in [3.63, 3.8) is 0 Å². The summed E-state index contributed by atoms with van der Waals surface area (Å²) < 4.78 is 18.0. The Balaban J connectivity index is 1.11. The molecule has 7 heteroatoms. The summed E-state index contributed by atoms with van der Waals surface area (Å²) in [4.78, 5) is 19.6. The molecule has 0 radical (unpaired) electrons. The van der Waals surface area contributed by atoms with Crippen LogP contribution in [0.5, 0.6) is 0 Å². The second-order valence-electron chi connectivity index (χ2n) is 10.9. The number of piperidine rings is 2. The highest BCUT2D eigenvalue weighted by Crippen LogP contribution is 2.49. The first-order valence-corrected chi connectivity index (χ1v) is 12.2. The number of morpholine rings is 1. The second-order valence-corrected chi connectivity index (χ2v) is 10.9. The molecule has 1 aliphatic carbocycles. The molecule has 170 valence electrons. The third-order valence-corrected chi connectivity index (χ3v) is 7.81. The summed E-state index contributed by atoms with van der Waals surface area (Å²) in [6, 6.07) is 1.70. The molecule has 2 bridgehead atoms. The van der Waals surface area contributed by atoms with Gasteiger partial charge in [-0.3, -0.25) is 4.90 Å². The van der Waals surface area contributed by atoms with Crippen LogP contribution in [0.15, 0.2) is 0 Å². The zero-order valence-electron chi connectivity index (χ0n) is 19.0. The van der Waals surface area contributed by atoms with Crippen LogP contribution in [0, 0.1) is 0 Å². The molecule has 0 aromatic heterocycles. The Morgan fingerprint density at radius 2 is 1.67 bits per heavy atom. The summed E-state index contributed by atoms with van der Waals surface area (Å²) in [5.74, 6) is -0.283. The van der Waals surface area contributed by atoms with Gasteiger partial charge < -0.3 is 24.0 Å². The molecule has 1 amide bonds. The molecule has 7 nitrogen and oxygen atoms in total. The van der Waals surface area contributed by atoms with Crippen LogP contribution in [-0.4, -0.2) is 89.3 Å². The Bertz CT molecular complexity index is 637. The van der Waals surface area contributed by atoms with Crippen LogP contribution in [-0.2, 0) is 14.2 Å². The average Bonchev–Trinajstić information content (AvgIpc) is 3.28. The molecule has 5 aliphatic rings. The Morgan fingerprint density at radius 1 is 0.967 bits per heavy atom. The van der Waals surface area contributed by atoms with E-state index in [2.05, 4.69) is 9.80 Å². The predicted octanol–water partition coefficient (Wildman–Crippen LogP) is 3.18. The molecule has 1 saturated carbocycles. The van der Waals surface area contributed by atoms with Crippen LogP contribution in [0.4, 0.5) is 4.79 Å². The number of fused-ring (bicyclic) bond motifs is 1. The molecule has 5 fully saturated rings. The molecular weight excluding hydrogens is 382 g/mol. The van der Waals surface area contributed by atoms with Gasteiger partial charge in [-0.2, -0.15) is 0 Å². The lowest BCUT2D eigenvalue weighted by molar-refractivity contribution is -0.179. The topological polar surface area (TPSA) is 54.5 Å². The third kappa shape index (κ3) is 3.87. The standard InChI is InChI=1S/C23H39N3O4/c1-22(2,3)30-21(27)25-14-7-17(8-15-25)24-12-9-18(10-13-24)26-19-6-4-5-11-23(19)28-16-20(26)29-23/h17-20H,4-16H2,1-3H3/t19-,20?,23-/m0/s1. The highest BCUT2D eigenvalue weighted by atomic mass is 16.8. The smallest absolute Gasteiger partial charge is 0.410 e. The van der Waals surface area contributed by atoms with Crippen molar-refractivity contribution < 1.29 is 19.0 Å². The highest BCUT2D eigenvalue weighted by molar-refractivity contribution is 5.68. The van der Waals surface area contributed by atoms with Crippen LogP contribution in [0.1, 0.15) is 72.1 Å². The lowest BCUT2D eigenvalue weighted by atomic mass is 9.86. The van der Waals surface area contributed by atoms with Gasteiger partial charge in [0, 0.05) is 31.6 Å². The fraction of sp³-hybridized carbons (Fsp3) is 0.957. The monoisotopic (exact) mass is 421 g/mol. The second kappa shape index (κ2) is 7.91. The number of carbonyl (C=O) groups excluding carboxylic acids is 1. The summed E-state index contributed by atoms with van der Waals surface area (Å²) in [5.41, 5.74) is -0.420. The van der Waals surface area contributed by atoms with Gasteiger partial charge in [0.2, 0.25) is 0 Å². The normalized spacial score (nSPS) is 36.8. The van der Waals surface area contributed by atoms with E-state index in [1.54, 1.807) is 0 Å². The molecule has 1 unspecified atom stereocenters. The maximum absolute atomic E-state index is 12.3.